The molecule has 4 heterocycles. The number of aryl methyl sites for hydroxylation is 1. The van der Waals surface area contributed by atoms with Gasteiger partial charge in [-0.1, -0.05) is 18.2 Å². The summed E-state index contributed by atoms with van der Waals surface area (Å²) in [5.41, 5.74) is 3.37. The summed E-state index contributed by atoms with van der Waals surface area (Å²) in [6.45, 7) is 5.33. The minimum atomic E-state index is -0.580. The van der Waals surface area contributed by atoms with Crippen molar-refractivity contribution in [3.8, 4) is 0 Å². The van der Waals surface area contributed by atoms with E-state index in [-0.39, 0.29) is 5.56 Å². The van der Waals surface area contributed by atoms with E-state index >= 15 is 0 Å². The van der Waals surface area contributed by atoms with Gasteiger partial charge in [-0.3, -0.25) is 0 Å². The van der Waals surface area contributed by atoms with Crippen molar-refractivity contribution in [3.63, 3.8) is 0 Å². The van der Waals surface area contributed by atoms with Crippen LogP contribution in [0.2, 0.25) is 0 Å². The van der Waals surface area contributed by atoms with Gasteiger partial charge in [-0.25, -0.2) is 14.8 Å². The van der Waals surface area contributed by atoms with Crippen molar-refractivity contribution in [1.29, 1.82) is 0 Å². The Hall–Kier alpha value is -2.81. The molecule has 1 unspecified atom stereocenters. The molecule has 3 aromatic rings. The summed E-state index contributed by atoms with van der Waals surface area (Å²) in [5, 5.41) is 12.0. The van der Waals surface area contributed by atoms with E-state index < -0.39 is 5.91 Å². The molecule has 1 atom stereocenters. The molecule has 1 amide bonds. The quantitative estimate of drug-likeness (QED) is 0.602. The number of nitrogens with two attached hydrogens (primary N) is 1. The maximum absolute atomic E-state index is 11.4. The van der Waals surface area contributed by atoms with Crippen molar-refractivity contribution in [2.45, 2.75) is 31.6 Å². The van der Waals surface area contributed by atoms with Crippen LogP contribution in [0.4, 0.5) is 5.95 Å². The van der Waals surface area contributed by atoms with Gasteiger partial charge < -0.3 is 25.1 Å². The lowest BCUT2D eigenvalue weighted by Crippen LogP contribution is -2.81. The zero-order valence-corrected chi connectivity index (χ0v) is 19.2. The van der Waals surface area contributed by atoms with Crippen LogP contribution in [-0.2, 0) is 7.05 Å². The van der Waals surface area contributed by atoms with Crippen molar-refractivity contribution < 1.29 is 10.3 Å². The molecular formula is C25H32N6O2. The molecule has 1 aromatic carbocycles. The van der Waals surface area contributed by atoms with E-state index in [0.29, 0.717) is 23.3 Å². The van der Waals surface area contributed by atoms with Gasteiger partial charge in [-0.2, -0.15) is 0 Å². The van der Waals surface area contributed by atoms with Gasteiger partial charge in [0, 0.05) is 62.7 Å². The minimum Gasteiger partial charge on any atom is -0.628 e. The fraction of sp³-hybridized carbons (Fsp3) is 0.480. The molecule has 0 radical (unpaired) electrons. The summed E-state index contributed by atoms with van der Waals surface area (Å²) in [4.78, 5) is 24.9. The zero-order chi connectivity index (χ0) is 22.8. The molecular weight excluding hydrogens is 416 g/mol. The third-order valence-electron chi connectivity index (χ3n) is 7.32. The average molecular weight is 449 g/mol. The minimum absolute atomic E-state index is 0.245. The smallest absolute Gasteiger partial charge is 0.345 e. The second-order valence-electron chi connectivity index (χ2n) is 9.50. The van der Waals surface area contributed by atoms with E-state index in [1.165, 1.54) is 48.2 Å². The number of likely N-dealkylation sites (tertiary alicyclic amines) is 1. The summed E-state index contributed by atoms with van der Waals surface area (Å²) < 4.78 is 2.27. The van der Waals surface area contributed by atoms with Crippen molar-refractivity contribution in [1.82, 2.24) is 19.4 Å². The number of benzene rings is 1. The molecule has 2 aliphatic heterocycles. The first-order valence-electron chi connectivity index (χ1n) is 11.9. The predicted molar refractivity (Wildman–Crippen MR) is 128 cm³/mol. The first kappa shape index (κ1) is 22.0. The number of hydrogen-bond acceptors (Lipinski definition) is 6. The average Bonchev–Trinajstić information content (AvgIpc) is 3.21. The Morgan fingerprint density at radius 2 is 1.88 bits per heavy atom. The summed E-state index contributed by atoms with van der Waals surface area (Å²) in [6.07, 6.45) is 10.0. The Morgan fingerprint density at radius 1 is 1.12 bits per heavy atom. The van der Waals surface area contributed by atoms with E-state index in [0.717, 1.165) is 39.0 Å². The van der Waals surface area contributed by atoms with Crippen LogP contribution in [0.1, 0.15) is 47.5 Å². The molecule has 2 saturated heterocycles. The number of aromatic nitrogens is 3. The first-order chi connectivity index (χ1) is 16.1. The number of amides is 1. The van der Waals surface area contributed by atoms with Gasteiger partial charge >= 0.3 is 5.91 Å². The largest absolute Gasteiger partial charge is 0.628 e. The fourth-order valence-corrected chi connectivity index (χ4v) is 5.53. The number of piperidine rings is 2. The van der Waals surface area contributed by atoms with Gasteiger partial charge in [0.05, 0.1) is 0 Å². The van der Waals surface area contributed by atoms with Crippen molar-refractivity contribution in [3.05, 3.63) is 59.2 Å². The summed E-state index contributed by atoms with van der Waals surface area (Å²) >= 11 is 0. The highest BCUT2D eigenvalue weighted by atomic mass is 16.5. The standard InChI is InChI=1S/C25H32N6O2/c1-29-17-22(21-6-2-3-7-23(21)29)19-5-4-10-30(16-19)15-18-8-11-31(12-9-18)25-26-13-20(14-27-25)24(32)28-33/h2-3,6-7,13-14,17-19H,4-5,8-12,15-16,28H2,1H3. The fourth-order valence-electron chi connectivity index (χ4n) is 5.53. The number of hydrogen-bond donors (Lipinski definition) is 1. The van der Waals surface area contributed by atoms with Crippen LogP contribution in [0.15, 0.2) is 42.9 Å². The van der Waals surface area contributed by atoms with Gasteiger partial charge in [0.1, 0.15) is 5.56 Å². The topological polar surface area (TPSA) is 93.9 Å². The molecule has 8 heteroatoms. The predicted octanol–water partition coefficient (Wildman–Crippen LogP) is 2.27. The number of carbonyl (C=O) groups excluding carboxylic acids is 1. The van der Waals surface area contributed by atoms with Crippen molar-refractivity contribution in [2.24, 2.45) is 13.0 Å². The van der Waals surface area contributed by atoms with Gasteiger partial charge in [0.25, 0.3) is 0 Å². The molecule has 2 fully saturated rings. The lowest BCUT2D eigenvalue weighted by Gasteiger charge is -2.38. The molecule has 0 spiro atoms. The van der Waals surface area contributed by atoms with E-state index in [9.17, 15) is 10.0 Å². The second kappa shape index (κ2) is 9.59. The normalized spacial score (nSPS) is 20.4. The molecule has 0 aliphatic carbocycles. The molecule has 33 heavy (non-hydrogen) atoms. The van der Waals surface area contributed by atoms with Crippen LogP contribution in [0.25, 0.3) is 10.9 Å². The first-order valence-corrected chi connectivity index (χ1v) is 11.9. The number of fused-ring (bicyclic) bond motifs is 1. The molecule has 8 nitrogen and oxygen atoms in total. The lowest BCUT2D eigenvalue weighted by atomic mass is 9.89. The molecule has 5 rings (SSSR count). The number of rotatable bonds is 5. The Labute approximate surface area is 194 Å². The van der Waals surface area contributed by atoms with Gasteiger partial charge in [-0.15, -0.1) is 0 Å². The van der Waals surface area contributed by atoms with Crippen LogP contribution in [0, 0.1) is 11.1 Å². The number of quaternary nitrogens is 1. The summed E-state index contributed by atoms with van der Waals surface area (Å²) in [6, 6.07) is 8.75. The summed E-state index contributed by atoms with van der Waals surface area (Å²) in [7, 11) is 2.15. The molecule has 2 aliphatic rings. The van der Waals surface area contributed by atoms with Crippen LogP contribution in [-0.4, -0.2) is 58.1 Å². The maximum Gasteiger partial charge on any atom is 0.345 e. The molecule has 174 valence electrons. The Morgan fingerprint density at radius 3 is 2.64 bits per heavy atom. The monoisotopic (exact) mass is 448 g/mol. The third kappa shape index (κ3) is 4.64. The second-order valence-corrected chi connectivity index (χ2v) is 9.50. The number of hydroxylamine groups is 1. The van der Waals surface area contributed by atoms with Crippen LogP contribution < -0.4 is 10.4 Å². The lowest BCUT2D eigenvalue weighted by molar-refractivity contribution is -0.482. The highest BCUT2D eigenvalue weighted by molar-refractivity contribution is 5.86. The van der Waals surface area contributed by atoms with E-state index in [1.807, 2.05) is 0 Å². The highest BCUT2D eigenvalue weighted by Gasteiger charge is 2.28. The van der Waals surface area contributed by atoms with Gasteiger partial charge in [0.2, 0.25) is 5.95 Å². The van der Waals surface area contributed by atoms with E-state index in [2.05, 4.69) is 61.8 Å². The van der Waals surface area contributed by atoms with Gasteiger partial charge in [0.15, 0.2) is 0 Å². The molecule has 2 aromatic heterocycles. The third-order valence-corrected chi connectivity index (χ3v) is 7.32. The van der Waals surface area contributed by atoms with Crippen molar-refractivity contribution >= 4 is 22.8 Å². The van der Waals surface area contributed by atoms with E-state index in [1.54, 1.807) is 0 Å². The number of anilines is 1. The number of carbonyl (C=O) groups is 1. The molecule has 0 saturated carbocycles. The Kier molecular flexibility index (Phi) is 6.39. The van der Waals surface area contributed by atoms with Crippen LogP contribution in [0.5, 0.6) is 0 Å². The summed E-state index contributed by atoms with van der Waals surface area (Å²) in [5.74, 6) is 1.35. The molecule has 0 bridgehead atoms. The number of para-hydroxylation sites is 1. The number of primary amides is 1. The van der Waals surface area contributed by atoms with E-state index in [4.69, 9.17) is 0 Å². The van der Waals surface area contributed by atoms with Gasteiger partial charge in [-0.05, 0) is 55.7 Å². The highest BCUT2D eigenvalue weighted by Crippen LogP contribution is 2.34. The Bertz CT molecular complexity index is 1100. The zero-order valence-electron chi connectivity index (χ0n) is 19.2. The van der Waals surface area contributed by atoms with Crippen LogP contribution >= 0.6 is 0 Å². The number of nitrogens with zero attached hydrogens (tertiary/aromatic N) is 5. The van der Waals surface area contributed by atoms with Crippen molar-refractivity contribution in [2.75, 3.05) is 37.6 Å². The Balaban J connectivity index is 1.17. The SMILES string of the molecule is Cn1cc(C2CCCN(CC3CCN(c4ncc(C(=O)[NH2+][O-])cn4)CC3)C2)c2ccccc21. The molecule has 2 N–H and O–H groups in total. The van der Waals surface area contributed by atoms with Crippen LogP contribution in [0.3, 0.4) is 0 Å². The maximum atomic E-state index is 11.4.